The third-order valence-electron chi connectivity index (χ3n) is 3.65. The van der Waals surface area contributed by atoms with Crippen LogP contribution in [0.4, 0.5) is 11.4 Å². The maximum atomic E-state index is 11.7. The van der Waals surface area contributed by atoms with Crippen LogP contribution in [-0.2, 0) is 9.53 Å². The predicted octanol–water partition coefficient (Wildman–Crippen LogP) is 0.153. The molecule has 1 aromatic carbocycles. The average molecular weight is 292 g/mol. The number of nitrogens with one attached hydrogen (secondary N) is 1. The normalized spacial score (nSPS) is 16.0. The van der Waals surface area contributed by atoms with E-state index in [1.54, 1.807) is 7.11 Å². The lowest BCUT2D eigenvalue weighted by molar-refractivity contribution is -0.122. The zero-order valence-corrected chi connectivity index (χ0v) is 12.5. The predicted molar refractivity (Wildman–Crippen MR) is 84.4 cm³/mol. The van der Waals surface area contributed by atoms with Gasteiger partial charge < -0.3 is 20.7 Å². The number of carbonyl (C=O) groups excluding carboxylic acids is 1. The molecule has 116 valence electrons. The Morgan fingerprint density at radius 1 is 1.29 bits per heavy atom. The highest BCUT2D eigenvalue weighted by Crippen LogP contribution is 2.23. The van der Waals surface area contributed by atoms with Gasteiger partial charge in [-0.15, -0.1) is 0 Å². The van der Waals surface area contributed by atoms with Crippen LogP contribution in [0.2, 0.25) is 0 Å². The van der Waals surface area contributed by atoms with Gasteiger partial charge in [0, 0.05) is 39.8 Å². The van der Waals surface area contributed by atoms with Crippen molar-refractivity contribution in [2.75, 3.05) is 63.6 Å². The van der Waals surface area contributed by atoms with Gasteiger partial charge >= 0.3 is 0 Å². The first-order valence-corrected chi connectivity index (χ1v) is 7.28. The topological polar surface area (TPSA) is 70.8 Å². The second-order valence-corrected chi connectivity index (χ2v) is 5.16. The summed E-state index contributed by atoms with van der Waals surface area (Å²) in [5.41, 5.74) is 7.90. The number of nitrogen functional groups attached to an aromatic ring is 1. The highest BCUT2D eigenvalue weighted by atomic mass is 16.5. The fraction of sp³-hybridized carbons (Fsp3) is 0.533. The first kappa shape index (κ1) is 15.6. The van der Waals surface area contributed by atoms with Crippen LogP contribution in [0.15, 0.2) is 24.3 Å². The van der Waals surface area contributed by atoms with Crippen LogP contribution in [0.3, 0.4) is 0 Å². The van der Waals surface area contributed by atoms with Crippen LogP contribution in [0.5, 0.6) is 0 Å². The van der Waals surface area contributed by atoms with Crippen LogP contribution >= 0.6 is 0 Å². The highest BCUT2D eigenvalue weighted by Gasteiger charge is 2.19. The highest BCUT2D eigenvalue weighted by molar-refractivity contribution is 5.78. The SMILES string of the molecule is COCCNC(=O)CN1CCN(c2ccccc2N)CC1. The lowest BCUT2D eigenvalue weighted by Gasteiger charge is -2.36. The largest absolute Gasteiger partial charge is 0.397 e. The molecule has 1 heterocycles. The summed E-state index contributed by atoms with van der Waals surface area (Å²) in [6.45, 7) is 5.07. The number of ether oxygens (including phenoxy) is 1. The van der Waals surface area contributed by atoms with Crippen LogP contribution in [0.25, 0.3) is 0 Å². The number of piperazine rings is 1. The molecule has 1 saturated heterocycles. The summed E-state index contributed by atoms with van der Waals surface area (Å²) in [7, 11) is 1.63. The lowest BCUT2D eigenvalue weighted by atomic mass is 10.2. The number of anilines is 2. The van der Waals surface area contributed by atoms with Gasteiger partial charge in [-0.2, -0.15) is 0 Å². The third kappa shape index (κ3) is 4.61. The van der Waals surface area contributed by atoms with Crippen molar-refractivity contribution in [3.05, 3.63) is 24.3 Å². The molecule has 2 rings (SSSR count). The summed E-state index contributed by atoms with van der Waals surface area (Å²) >= 11 is 0. The van der Waals surface area contributed by atoms with Gasteiger partial charge in [-0.25, -0.2) is 0 Å². The molecule has 6 nitrogen and oxygen atoms in total. The molecule has 0 atom stereocenters. The third-order valence-corrected chi connectivity index (χ3v) is 3.65. The van der Waals surface area contributed by atoms with Crippen molar-refractivity contribution < 1.29 is 9.53 Å². The smallest absolute Gasteiger partial charge is 0.234 e. The maximum Gasteiger partial charge on any atom is 0.234 e. The van der Waals surface area contributed by atoms with Crippen LogP contribution < -0.4 is 16.0 Å². The lowest BCUT2D eigenvalue weighted by Crippen LogP contribution is -2.49. The number of hydrogen-bond acceptors (Lipinski definition) is 5. The van der Waals surface area contributed by atoms with E-state index in [4.69, 9.17) is 10.5 Å². The number of benzene rings is 1. The molecular formula is C15H24N4O2. The number of carbonyl (C=O) groups is 1. The van der Waals surface area contributed by atoms with Gasteiger partial charge in [0.25, 0.3) is 0 Å². The van der Waals surface area contributed by atoms with E-state index in [0.717, 1.165) is 37.6 Å². The number of rotatable bonds is 6. The summed E-state index contributed by atoms with van der Waals surface area (Å²) in [6.07, 6.45) is 0. The molecule has 1 aromatic rings. The molecule has 0 spiro atoms. The molecule has 0 unspecified atom stereocenters. The fourth-order valence-electron chi connectivity index (χ4n) is 2.47. The minimum absolute atomic E-state index is 0.0553. The van der Waals surface area contributed by atoms with Crippen molar-refractivity contribution in [1.82, 2.24) is 10.2 Å². The van der Waals surface area contributed by atoms with Crippen LogP contribution in [0.1, 0.15) is 0 Å². The van der Waals surface area contributed by atoms with E-state index in [-0.39, 0.29) is 5.91 Å². The van der Waals surface area contributed by atoms with Crippen molar-refractivity contribution in [2.45, 2.75) is 0 Å². The van der Waals surface area contributed by atoms with E-state index in [0.29, 0.717) is 19.7 Å². The van der Waals surface area contributed by atoms with E-state index in [1.807, 2.05) is 24.3 Å². The summed E-state index contributed by atoms with van der Waals surface area (Å²) in [4.78, 5) is 16.2. The molecule has 0 radical (unpaired) electrons. The van der Waals surface area contributed by atoms with Gasteiger partial charge in [0.05, 0.1) is 24.5 Å². The quantitative estimate of drug-likeness (QED) is 0.577. The monoisotopic (exact) mass is 292 g/mol. The van der Waals surface area contributed by atoms with E-state index in [1.165, 1.54) is 0 Å². The Labute approximate surface area is 125 Å². The van der Waals surface area contributed by atoms with E-state index in [2.05, 4.69) is 15.1 Å². The van der Waals surface area contributed by atoms with Crippen molar-refractivity contribution in [3.63, 3.8) is 0 Å². The number of nitrogens with zero attached hydrogens (tertiary/aromatic N) is 2. The van der Waals surface area contributed by atoms with Gasteiger partial charge in [-0.1, -0.05) is 12.1 Å². The van der Waals surface area contributed by atoms with Crippen LogP contribution in [0, 0.1) is 0 Å². The Kier molecular flexibility index (Phi) is 5.83. The van der Waals surface area contributed by atoms with Gasteiger partial charge in [0.2, 0.25) is 5.91 Å². The first-order chi connectivity index (χ1) is 10.2. The Morgan fingerprint density at radius 2 is 2.00 bits per heavy atom. The molecule has 1 aliphatic heterocycles. The molecule has 0 aromatic heterocycles. The maximum absolute atomic E-state index is 11.7. The molecule has 21 heavy (non-hydrogen) atoms. The molecule has 0 bridgehead atoms. The summed E-state index contributed by atoms with van der Waals surface area (Å²) < 4.78 is 4.91. The first-order valence-electron chi connectivity index (χ1n) is 7.28. The van der Waals surface area contributed by atoms with E-state index < -0.39 is 0 Å². The van der Waals surface area contributed by atoms with E-state index >= 15 is 0 Å². The molecule has 0 saturated carbocycles. The summed E-state index contributed by atoms with van der Waals surface area (Å²) in [6, 6.07) is 7.91. The number of amides is 1. The Balaban J connectivity index is 1.76. The minimum atomic E-state index is 0.0553. The number of para-hydroxylation sites is 2. The Bertz CT molecular complexity index is 459. The van der Waals surface area contributed by atoms with Gasteiger partial charge in [-0.05, 0) is 12.1 Å². The molecule has 1 fully saturated rings. The van der Waals surface area contributed by atoms with Crippen molar-refractivity contribution in [3.8, 4) is 0 Å². The zero-order valence-electron chi connectivity index (χ0n) is 12.5. The standard InChI is InChI=1S/C15H24N4O2/c1-21-11-6-17-15(20)12-18-7-9-19(10-8-18)14-5-3-2-4-13(14)16/h2-5H,6-12,16H2,1H3,(H,17,20). The minimum Gasteiger partial charge on any atom is -0.397 e. The summed E-state index contributed by atoms with van der Waals surface area (Å²) in [5.74, 6) is 0.0553. The average Bonchev–Trinajstić information content (AvgIpc) is 2.49. The van der Waals surface area contributed by atoms with Crippen LogP contribution in [-0.4, -0.2) is 63.8 Å². The fourth-order valence-corrected chi connectivity index (χ4v) is 2.47. The molecule has 0 aliphatic carbocycles. The molecule has 3 N–H and O–H groups in total. The number of hydrogen-bond donors (Lipinski definition) is 2. The van der Waals surface area contributed by atoms with E-state index in [9.17, 15) is 4.79 Å². The van der Waals surface area contributed by atoms with Crippen molar-refractivity contribution >= 4 is 17.3 Å². The zero-order chi connectivity index (χ0) is 15.1. The molecule has 1 aliphatic rings. The molecular weight excluding hydrogens is 268 g/mol. The summed E-state index contributed by atoms with van der Waals surface area (Å²) in [5, 5.41) is 2.84. The molecule has 1 amide bonds. The van der Waals surface area contributed by atoms with Gasteiger partial charge in [-0.3, -0.25) is 9.69 Å². The van der Waals surface area contributed by atoms with Crippen molar-refractivity contribution in [1.29, 1.82) is 0 Å². The molecule has 6 heteroatoms. The number of nitrogens with two attached hydrogens (primary N) is 1. The Hall–Kier alpha value is -1.79. The second-order valence-electron chi connectivity index (χ2n) is 5.16. The van der Waals surface area contributed by atoms with Gasteiger partial charge in [0.15, 0.2) is 0 Å². The van der Waals surface area contributed by atoms with Crippen molar-refractivity contribution in [2.24, 2.45) is 0 Å². The van der Waals surface area contributed by atoms with Gasteiger partial charge in [0.1, 0.15) is 0 Å². The Morgan fingerprint density at radius 3 is 2.67 bits per heavy atom. The second kappa shape index (κ2) is 7.85. The number of methoxy groups -OCH3 is 1.